The second-order valence-corrected chi connectivity index (χ2v) is 6.44. The molecule has 2 N–H and O–H groups in total. The van der Waals surface area contributed by atoms with E-state index in [0.717, 1.165) is 31.7 Å². The van der Waals surface area contributed by atoms with E-state index in [1.165, 1.54) is 12.5 Å². The van der Waals surface area contributed by atoms with Gasteiger partial charge in [0.05, 0.1) is 4.47 Å². The number of hydrogen-bond donors (Lipinski definition) is 1. The monoisotopic (exact) mass is 357 g/mol. The highest BCUT2D eigenvalue weighted by atomic mass is 79.9. The molecule has 2 rings (SSSR count). The second kappa shape index (κ2) is 7.68. The van der Waals surface area contributed by atoms with Gasteiger partial charge in [0, 0.05) is 31.7 Å². The number of nitrogens with zero attached hydrogens (tertiary/aromatic N) is 2. The Balaban J connectivity index is 2.10. The van der Waals surface area contributed by atoms with Gasteiger partial charge in [0.15, 0.2) is 0 Å². The quantitative estimate of drug-likeness (QED) is 0.849. The maximum absolute atomic E-state index is 13.4. The molecule has 1 aliphatic heterocycles. The van der Waals surface area contributed by atoms with E-state index in [4.69, 9.17) is 5.73 Å². The van der Waals surface area contributed by atoms with Crippen LogP contribution in [0.15, 0.2) is 22.7 Å². The van der Waals surface area contributed by atoms with Crippen molar-refractivity contribution in [3.8, 4) is 0 Å². The highest BCUT2D eigenvalue weighted by molar-refractivity contribution is 9.10. The molecule has 1 fully saturated rings. The molecule has 1 heterocycles. The summed E-state index contributed by atoms with van der Waals surface area (Å²) in [5.41, 5.74) is 7.08. The minimum atomic E-state index is -0.225. The third-order valence-corrected chi connectivity index (χ3v) is 5.12. The lowest BCUT2D eigenvalue weighted by molar-refractivity contribution is 0.189. The van der Waals surface area contributed by atoms with Gasteiger partial charge in [-0.05, 0) is 53.1 Å². The van der Waals surface area contributed by atoms with E-state index in [0.29, 0.717) is 17.1 Å². The Morgan fingerprint density at radius 1 is 1.43 bits per heavy atom. The summed E-state index contributed by atoms with van der Waals surface area (Å²) in [7, 11) is 0. The van der Waals surface area contributed by atoms with E-state index in [1.807, 2.05) is 12.1 Å². The van der Waals surface area contributed by atoms with Gasteiger partial charge in [-0.25, -0.2) is 4.39 Å². The van der Waals surface area contributed by atoms with Crippen molar-refractivity contribution in [3.63, 3.8) is 0 Å². The Labute approximate surface area is 135 Å². The van der Waals surface area contributed by atoms with E-state index in [2.05, 4.69) is 39.6 Å². The Hall–Kier alpha value is -0.490. The van der Waals surface area contributed by atoms with Crippen LogP contribution >= 0.6 is 15.9 Å². The van der Waals surface area contributed by atoms with Crippen LogP contribution < -0.4 is 5.73 Å². The maximum Gasteiger partial charge on any atom is 0.137 e. The third-order valence-electron chi connectivity index (χ3n) is 4.52. The zero-order chi connectivity index (χ0) is 15.4. The fourth-order valence-corrected chi connectivity index (χ4v) is 3.70. The Morgan fingerprint density at radius 2 is 2.14 bits per heavy atom. The molecule has 1 aromatic rings. The zero-order valence-electron chi connectivity index (χ0n) is 12.9. The van der Waals surface area contributed by atoms with Gasteiger partial charge in [-0.2, -0.15) is 0 Å². The average Bonchev–Trinajstić information content (AvgIpc) is 2.94. The van der Waals surface area contributed by atoms with Gasteiger partial charge in [0.25, 0.3) is 0 Å². The molecule has 5 heteroatoms. The number of nitrogens with two attached hydrogens (primary N) is 1. The molecule has 0 radical (unpaired) electrons. The summed E-state index contributed by atoms with van der Waals surface area (Å²) in [5, 5.41) is 0. The fourth-order valence-electron chi connectivity index (χ4n) is 3.30. The predicted molar refractivity (Wildman–Crippen MR) is 88.8 cm³/mol. The number of hydrogen-bond acceptors (Lipinski definition) is 3. The van der Waals surface area contributed by atoms with Crippen molar-refractivity contribution in [2.75, 3.05) is 32.7 Å². The van der Waals surface area contributed by atoms with E-state index >= 15 is 0 Å². The van der Waals surface area contributed by atoms with Crippen molar-refractivity contribution >= 4 is 15.9 Å². The predicted octanol–water partition coefficient (Wildman–Crippen LogP) is 3.00. The Bertz CT molecular complexity index is 465. The summed E-state index contributed by atoms with van der Waals surface area (Å²) < 4.78 is 13.9. The molecule has 3 nitrogen and oxygen atoms in total. The first-order valence-electron chi connectivity index (χ1n) is 7.73. The lowest BCUT2D eigenvalue weighted by Crippen LogP contribution is -2.39. The molecule has 118 valence electrons. The van der Waals surface area contributed by atoms with Crippen LogP contribution in [0.3, 0.4) is 0 Å². The largest absolute Gasteiger partial charge is 0.329 e. The van der Waals surface area contributed by atoms with Gasteiger partial charge < -0.3 is 5.73 Å². The Kier molecular flexibility index (Phi) is 6.17. The lowest BCUT2D eigenvalue weighted by atomic mass is 10.1. The van der Waals surface area contributed by atoms with Crippen molar-refractivity contribution in [3.05, 3.63) is 34.1 Å². The van der Waals surface area contributed by atoms with Crippen LogP contribution in [0, 0.1) is 5.82 Å². The van der Waals surface area contributed by atoms with Crippen LogP contribution in [-0.2, 0) is 0 Å². The van der Waals surface area contributed by atoms with Crippen molar-refractivity contribution in [2.24, 2.45) is 5.73 Å². The molecule has 21 heavy (non-hydrogen) atoms. The molecule has 0 aliphatic carbocycles. The van der Waals surface area contributed by atoms with Gasteiger partial charge >= 0.3 is 0 Å². The van der Waals surface area contributed by atoms with Crippen LogP contribution in [0.25, 0.3) is 0 Å². The fraction of sp³-hybridized carbons (Fsp3) is 0.625. The van der Waals surface area contributed by atoms with Crippen LogP contribution in [0.1, 0.15) is 31.9 Å². The number of halogens is 2. The minimum absolute atomic E-state index is 0.169. The van der Waals surface area contributed by atoms with Crippen LogP contribution in [0.4, 0.5) is 4.39 Å². The smallest absolute Gasteiger partial charge is 0.137 e. The van der Waals surface area contributed by atoms with Crippen molar-refractivity contribution in [1.82, 2.24) is 9.80 Å². The second-order valence-electron chi connectivity index (χ2n) is 5.58. The third kappa shape index (κ3) is 3.83. The average molecular weight is 358 g/mol. The normalized spacial score (nSPS) is 21.1. The lowest BCUT2D eigenvalue weighted by Gasteiger charge is -2.30. The minimum Gasteiger partial charge on any atom is -0.329 e. The molecule has 1 saturated heterocycles. The molecule has 0 aromatic heterocycles. The van der Waals surface area contributed by atoms with Crippen molar-refractivity contribution in [1.29, 1.82) is 0 Å². The van der Waals surface area contributed by atoms with Gasteiger partial charge in [0.2, 0.25) is 0 Å². The van der Waals surface area contributed by atoms with Crippen molar-refractivity contribution < 1.29 is 4.39 Å². The van der Waals surface area contributed by atoms with Gasteiger partial charge in [-0.3, -0.25) is 9.80 Å². The Morgan fingerprint density at radius 3 is 2.71 bits per heavy atom. The van der Waals surface area contributed by atoms with Gasteiger partial charge in [-0.1, -0.05) is 19.9 Å². The summed E-state index contributed by atoms with van der Waals surface area (Å²) >= 11 is 3.27. The first kappa shape index (κ1) is 16.9. The molecule has 0 amide bonds. The van der Waals surface area contributed by atoms with Crippen LogP contribution in [0.5, 0.6) is 0 Å². The van der Waals surface area contributed by atoms with Gasteiger partial charge in [-0.15, -0.1) is 0 Å². The molecular weight excluding hydrogens is 333 g/mol. The molecule has 0 saturated carbocycles. The summed E-state index contributed by atoms with van der Waals surface area (Å²) in [4.78, 5) is 4.94. The molecular formula is C16H25BrFN3. The number of likely N-dealkylation sites (N-methyl/N-ethyl adjacent to an activating group) is 1. The first-order chi connectivity index (χ1) is 10.1. The van der Waals surface area contributed by atoms with Crippen molar-refractivity contribution in [2.45, 2.75) is 32.4 Å². The molecule has 1 aromatic carbocycles. The zero-order valence-corrected chi connectivity index (χ0v) is 14.4. The topological polar surface area (TPSA) is 32.5 Å². The maximum atomic E-state index is 13.4. The van der Waals surface area contributed by atoms with Crippen LogP contribution in [0.2, 0.25) is 0 Å². The SMILES string of the molecule is CCN(CC)C1CCN(C(CN)c2ccc(F)c(Br)c2)C1. The number of rotatable bonds is 6. The summed E-state index contributed by atoms with van der Waals surface area (Å²) in [6.07, 6.45) is 1.18. The van der Waals surface area contributed by atoms with E-state index < -0.39 is 0 Å². The molecule has 2 atom stereocenters. The first-order valence-corrected chi connectivity index (χ1v) is 8.53. The molecule has 0 spiro atoms. The number of likely N-dealkylation sites (tertiary alicyclic amines) is 1. The highest BCUT2D eigenvalue weighted by Crippen LogP contribution is 2.28. The van der Waals surface area contributed by atoms with Crippen LogP contribution in [-0.4, -0.2) is 48.6 Å². The molecule has 2 unspecified atom stereocenters. The van der Waals surface area contributed by atoms with Gasteiger partial charge in [0.1, 0.15) is 5.82 Å². The highest BCUT2D eigenvalue weighted by Gasteiger charge is 2.30. The molecule has 0 bridgehead atoms. The molecule has 1 aliphatic rings. The standard InChI is InChI=1S/C16H25BrFN3/c1-3-20(4-2)13-7-8-21(11-13)16(10-19)12-5-6-15(18)14(17)9-12/h5-6,9,13,16H,3-4,7-8,10-11,19H2,1-2H3. The summed E-state index contributed by atoms with van der Waals surface area (Å²) in [6, 6.07) is 6.00. The number of benzene rings is 1. The van der Waals surface area contributed by atoms with E-state index in [-0.39, 0.29) is 11.9 Å². The summed E-state index contributed by atoms with van der Waals surface area (Å²) in [6.45, 7) is 9.25. The summed E-state index contributed by atoms with van der Waals surface area (Å²) in [5.74, 6) is -0.225. The van der Waals surface area contributed by atoms with E-state index in [9.17, 15) is 4.39 Å². The van der Waals surface area contributed by atoms with E-state index in [1.54, 1.807) is 0 Å².